The molecular formula is C13H23N3O2S. The molecule has 0 saturated carbocycles. The summed E-state index contributed by atoms with van der Waals surface area (Å²) in [6.45, 7) is 6.36. The number of aryl methyl sites for hydroxylation is 1. The summed E-state index contributed by atoms with van der Waals surface area (Å²) in [4.78, 5) is 4.41. The van der Waals surface area contributed by atoms with E-state index in [0.29, 0.717) is 12.6 Å². The summed E-state index contributed by atoms with van der Waals surface area (Å²) in [5.41, 5.74) is 0.899. The van der Waals surface area contributed by atoms with Crippen molar-refractivity contribution >= 4 is 10.0 Å². The molecular weight excluding hydrogens is 262 g/mol. The molecule has 0 amide bonds. The van der Waals surface area contributed by atoms with Gasteiger partial charge in [0.25, 0.3) is 10.0 Å². The van der Waals surface area contributed by atoms with Crippen LogP contribution in [-0.2, 0) is 22.9 Å². The maximum Gasteiger partial charge on any atom is 0.259 e. The monoisotopic (exact) mass is 285 g/mol. The van der Waals surface area contributed by atoms with Crippen molar-refractivity contribution in [3.63, 3.8) is 0 Å². The zero-order valence-electron chi connectivity index (χ0n) is 11.9. The van der Waals surface area contributed by atoms with E-state index < -0.39 is 10.0 Å². The standard InChI is InChI=1S/C13H23N3O2S/c1-4-10-8-7-9-11-13(19(17,18)14-6-3)15-12(5-2)16(10)11/h10,14H,4-9H2,1-3H3. The summed E-state index contributed by atoms with van der Waals surface area (Å²) >= 11 is 0. The normalized spacial score (nSPS) is 19.4. The first-order chi connectivity index (χ1) is 9.05. The maximum absolute atomic E-state index is 12.2. The van der Waals surface area contributed by atoms with Crippen LogP contribution in [-0.4, -0.2) is 24.5 Å². The first-order valence-corrected chi connectivity index (χ1v) is 8.63. The average molecular weight is 285 g/mol. The number of aromatic nitrogens is 2. The molecule has 1 aromatic rings. The molecule has 1 aliphatic heterocycles. The molecule has 19 heavy (non-hydrogen) atoms. The third-order valence-corrected chi connectivity index (χ3v) is 5.24. The molecule has 1 atom stereocenters. The topological polar surface area (TPSA) is 64.0 Å². The molecule has 2 heterocycles. The Morgan fingerprint density at radius 3 is 2.68 bits per heavy atom. The second-order valence-electron chi connectivity index (χ2n) is 4.96. The van der Waals surface area contributed by atoms with Gasteiger partial charge in [0, 0.05) is 19.0 Å². The van der Waals surface area contributed by atoms with Crippen LogP contribution < -0.4 is 4.72 Å². The smallest absolute Gasteiger partial charge is 0.259 e. The number of hydrogen-bond acceptors (Lipinski definition) is 3. The Balaban J connectivity index is 2.56. The maximum atomic E-state index is 12.2. The van der Waals surface area contributed by atoms with Crippen molar-refractivity contribution in [2.24, 2.45) is 0 Å². The third kappa shape index (κ3) is 2.56. The fourth-order valence-corrected chi connectivity index (χ4v) is 4.15. The molecule has 0 bridgehead atoms. The predicted octanol–water partition coefficient (Wildman–Crippen LogP) is 2.03. The van der Waals surface area contributed by atoms with Crippen molar-refractivity contribution in [3.8, 4) is 0 Å². The van der Waals surface area contributed by atoms with Gasteiger partial charge in [-0.1, -0.05) is 20.8 Å². The number of hydrogen-bond donors (Lipinski definition) is 1. The lowest BCUT2D eigenvalue weighted by Gasteiger charge is -2.26. The molecule has 0 aromatic carbocycles. The van der Waals surface area contributed by atoms with Gasteiger partial charge < -0.3 is 4.57 Å². The SMILES string of the molecule is CCNS(=O)(=O)c1nc(CC)n2c1CCCC2CC. The molecule has 6 heteroatoms. The van der Waals surface area contributed by atoms with Crippen molar-refractivity contribution in [3.05, 3.63) is 11.5 Å². The van der Waals surface area contributed by atoms with E-state index in [2.05, 4.69) is 21.2 Å². The minimum Gasteiger partial charge on any atom is -0.328 e. The molecule has 0 radical (unpaired) electrons. The second-order valence-corrected chi connectivity index (χ2v) is 6.64. The molecule has 108 valence electrons. The van der Waals surface area contributed by atoms with Crippen molar-refractivity contribution in [1.82, 2.24) is 14.3 Å². The fraction of sp³-hybridized carbons (Fsp3) is 0.769. The lowest BCUT2D eigenvalue weighted by Crippen LogP contribution is -2.26. The van der Waals surface area contributed by atoms with Crippen LogP contribution in [0.2, 0.25) is 0 Å². The molecule has 0 saturated heterocycles. The summed E-state index contributed by atoms with van der Waals surface area (Å²) in [6.07, 6.45) is 4.77. The molecule has 1 aromatic heterocycles. The molecule has 1 aliphatic rings. The van der Waals surface area contributed by atoms with Crippen LogP contribution in [0.25, 0.3) is 0 Å². The number of nitrogens with one attached hydrogen (secondary N) is 1. The lowest BCUT2D eigenvalue weighted by atomic mass is 10.0. The van der Waals surface area contributed by atoms with E-state index >= 15 is 0 Å². The highest BCUT2D eigenvalue weighted by Gasteiger charge is 2.30. The van der Waals surface area contributed by atoms with E-state index in [-0.39, 0.29) is 5.03 Å². The fourth-order valence-electron chi connectivity index (χ4n) is 2.90. The van der Waals surface area contributed by atoms with E-state index in [1.165, 1.54) is 0 Å². The largest absolute Gasteiger partial charge is 0.328 e. The Hall–Kier alpha value is -0.880. The van der Waals surface area contributed by atoms with Crippen LogP contribution in [0.1, 0.15) is 57.6 Å². The summed E-state index contributed by atoms with van der Waals surface area (Å²) < 4.78 is 29.2. The first-order valence-electron chi connectivity index (χ1n) is 7.14. The molecule has 0 fully saturated rings. The highest BCUT2D eigenvalue weighted by Crippen LogP contribution is 2.32. The zero-order chi connectivity index (χ0) is 14.0. The summed E-state index contributed by atoms with van der Waals surface area (Å²) in [7, 11) is -3.45. The van der Waals surface area contributed by atoms with Gasteiger partial charge in [-0.2, -0.15) is 0 Å². The summed E-state index contributed by atoms with van der Waals surface area (Å²) in [5, 5.41) is 0.254. The molecule has 5 nitrogen and oxygen atoms in total. The number of fused-ring (bicyclic) bond motifs is 1. The van der Waals surface area contributed by atoms with Crippen LogP contribution in [0.15, 0.2) is 5.03 Å². The van der Waals surface area contributed by atoms with Crippen molar-refractivity contribution in [2.45, 2.75) is 63.9 Å². The van der Waals surface area contributed by atoms with E-state index in [1.807, 2.05) is 6.92 Å². The van der Waals surface area contributed by atoms with Crippen LogP contribution in [0.3, 0.4) is 0 Å². The lowest BCUT2D eigenvalue weighted by molar-refractivity contribution is 0.378. The minimum atomic E-state index is -3.45. The third-order valence-electron chi connectivity index (χ3n) is 3.74. The Kier molecular flexibility index (Phi) is 4.30. The van der Waals surface area contributed by atoms with Gasteiger partial charge >= 0.3 is 0 Å². The number of rotatable bonds is 5. The highest BCUT2D eigenvalue weighted by molar-refractivity contribution is 7.89. The van der Waals surface area contributed by atoms with Crippen molar-refractivity contribution in [1.29, 1.82) is 0 Å². The van der Waals surface area contributed by atoms with E-state index in [9.17, 15) is 8.42 Å². The van der Waals surface area contributed by atoms with Crippen molar-refractivity contribution in [2.75, 3.05) is 6.54 Å². The van der Waals surface area contributed by atoms with Crippen LogP contribution >= 0.6 is 0 Å². The van der Waals surface area contributed by atoms with E-state index in [0.717, 1.165) is 43.6 Å². The Labute approximate surface area is 115 Å². The molecule has 1 unspecified atom stereocenters. The van der Waals surface area contributed by atoms with Gasteiger partial charge in [-0.15, -0.1) is 0 Å². The number of nitrogens with zero attached hydrogens (tertiary/aromatic N) is 2. The van der Waals surface area contributed by atoms with Crippen LogP contribution in [0.4, 0.5) is 0 Å². The summed E-state index contributed by atoms with van der Waals surface area (Å²) in [5.74, 6) is 0.901. The van der Waals surface area contributed by atoms with Gasteiger partial charge in [0.1, 0.15) is 5.82 Å². The zero-order valence-corrected chi connectivity index (χ0v) is 12.8. The second kappa shape index (κ2) is 5.63. The molecule has 2 rings (SSSR count). The minimum absolute atomic E-state index is 0.254. The summed E-state index contributed by atoms with van der Waals surface area (Å²) in [6, 6.07) is 0.400. The Morgan fingerprint density at radius 2 is 2.11 bits per heavy atom. The Bertz CT molecular complexity index is 548. The van der Waals surface area contributed by atoms with Crippen LogP contribution in [0, 0.1) is 0 Å². The first kappa shape index (κ1) is 14.5. The number of sulfonamides is 1. The molecule has 1 N–H and O–H groups in total. The average Bonchev–Trinajstić information content (AvgIpc) is 2.78. The van der Waals surface area contributed by atoms with Gasteiger partial charge in [0.05, 0.1) is 5.69 Å². The van der Waals surface area contributed by atoms with Gasteiger partial charge in [0.2, 0.25) is 0 Å². The van der Waals surface area contributed by atoms with Gasteiger partial charge in [-0.3, -0.25) is 0 Å². The van der Waals surface area contributed by atoms with Crippen LogP contribution in [0.5, 0.6) is 0 Å². The van der Waals surface area contributed by atoms with Gasteiger partial charge in [-0.05, 0) is 25.7 Å². The Morgan fingerprint density at radius 1 is 1.37 bits per heavy atom. The van der Waals surface area contributed by atoms with Gasteiger partial charge in [0.15, 0.2) is 5.03 Å². The van der Waals surface area contributed by atoms with E-state index in [4.69, 9.17) is 0 Å². The quantitative estimate of drug-likeness (QED) is 0.900. The number of imidazole rings is 1. The molecule has 0 spiro atoms. The van der Waals surface area contributed by atoms with Crippen molar-refractivity contribution < 1.29 is 8.42 Å². The highest BCUT2D eigenvalue weighted by atomic mass is 32.2. The predicted molar refractivity (Wildman–Crippen MR) is 74.7 cm³/mol. The van der Waals surface area contributed by atoms with Gasteiger partial charge in [-0.25, -0.2) is 18.1 Å². The van der Waals surface area contributed by atoms with E-state index in [1.54, 1.807) is 6.92 Å². The molecule has 0 aliphatic carbocycles.